The molecule has 3 N–H and O–H groups in total. The zero-order chi connectivity index (χ0) is 17.7. The fraction of sp³-hybridized carbons (Fsp3) is 0.533. The van der Waals surface area contributed by atoms with E-state index in [0.29, 0.717) is 31.9 Å². The smallest absolute Gasteiger partial charge is 0.341 e. The van der Waals surface area contributed by atoms with Gasteiger partial charge < -0.3 is 20.5 Å². The molecule has 9 heteroatoms. The van der Waals surface area contributed by atoms with Gasteiger partial charge in [-0.15, -0.1) is 11.3 Å². The van der Waals surface area contributed by atoms with Crippen molar-refractivity contribution in [3.05, 3.63) is 16.0 Å². The van der Waals surface area contributed by atoms with Crippen LogP contribution < -0.4 is 11.1 Å². The molecular weight excluding hydrogens is 334 g/mol. The summed E-state index contributed by atoms with van der Waals surface area (Å²) < 4.78 is 10.2. The Morgan fingerprint density at radius 1 is 1.33 bits per heavy atom. The molecule has 0 atom stereocenters. The van der Waals surface area contributed by atoms with Gasteiger partial charge in [-0.2, -0.15) is 0 Å². The number of anilines is 1. The van der Waals surface area contributed by atoms with E-state index in [-0.39, 0.29) is 34.5 Å². The molecule has 0 saturated carbocycles. The molecule has 0 spiro atoms. The van der Waals surface area contributed by atoms with Gasteiger partial charge in [0.05, 0.1) is 36.8 Å². The largest absolute Gasteiger partial charge is 0.462 e. The number of primary amides is 1. The third-order valence-electron chi connectivity index (χ3n) is 3.57. The third kappa shape index (κ3) is 4.31. The SMILES string of the molecule is CCOC(=O)c1c(NC(=O)CN2CCOCC2)sc(C(N)=O)c1C. The summed E-state index contributed by atoms with van der Waals surface area (Å²) in [6.45, 7) is 6.21. The maximum Gasteiger partial charge on any atom is 0.341 e. The van der Waals surface area contributed by atoms with Crippen LogP contribution in [0.15, 0.2) is 0 Å². The average Bonchev–Trinajstić information content (AvgIpc) is 2.85. The van der Waals surface area contributed by atoms with Gasteiger partial charge in [0.25, 0.3) is 5.91 Å². The van der Waals surface area contributed by atoms with Crippen molar-refractivity contribution < 1.29 is 23.9 Å². The van der Waals surface area contributed by atoms with E-state index in [1.54, 1.807) is 13.8 Å². The monoisotopic (exact) mass is 355 g/mol. The lowest BCUT2D eigenvalue weighted by Gasteiger charge is -2.25. The topological polar surface area (TPSA) is 111 Å². The van der Waals surface area contributed by atoms with Gasteiger partial charge in [0.15, 0.2) is 0 Å². The predicted octanol–water partition coefficient (Wildman–Crippen LogP) is 0.603. The number of hydrogen-bond acceptors (Lipinski definition) is 7. The van der Waals surface area contributed by atoms with Crippen LogP contribution in [0.25, 0.3) is 0 Å². The Hall–Kier alpha value is -1.97. The van der Waals surface area contributed by atoms with Crippen molar-refractivity contribution >= 4 is 34.1 Å². The highest BCUT2D eigenvalue weighted by atomic mass is 32.1. The summed E-state index contributed by atoms with van der Waals surface area (Å²) in [6, 6.07) is 0. The van der Waals surface area contributed by atoms with Crippen LogP contribution in [0.1, 0.15) is 32.5 Å². The fourth-order valence-electron chi connectivity index (χ4n) is 2.41. The number of morpholine rings is 1. The van der Waals surface area contributed by atoms with Crippen molar-refractivity contribution in [2.24, 2.45) is 5.73 Å². The first-order chi connectivity index (χ1) is 11.4. The minimum absolute atomic E-state index is 0.186. The zero-order valence-electron chi connectivity index (χ0n) is 13.7. The van der Waals surface area contributed by atoms with Crippen molar-refractivity contribution in [1.82, 2.24) is 4.90 Å². The third-order valence-corrected chi connectivity index (χ3v) is 4.80. The summed E-state index contributed by atoms with van der Waals surface area (Å²) in [5, 5.41) is 2.99. The van der Waals surface area contributed by atoms with E-state index in [2.05, 4.69) is 5.32 Å². The van der Waals surface area contributed by atoms with Crippen LogP contribution in [0.4, 0.5) is 5.00 Å². The van der Waals surface area contributed by atoms with Gasteiger partial charge >= 0.3 is 5.97 Å². The Kier molecular flexibility index (Phi) is 6.29. The van der Waals surface area contributed by atoms with E-state index in [1.165, 1.54) is 0 Å². The Labute approximate surface area is 143 Å². The highest BCUT2D eigenvalue weighted by Crippen LogP contribution is 2.33. The first-order valence-electron chi connectivity index (χ1n) is 7.64. The van der Waals surface area contributed by atoms with E-state index in [1.807, 2.05) is 4.90 Å². The van der Waals surface area contributed by atoms with Crippen LogP contribution in [0.2, 0.25) is 0 Å². The van der Waals surface area contributed by atoms with Crippen LogP contribution in [0.3, 0.4) is 0 Å². The maximum absolute atomic E-state index is 12.2. The van der Waals surface area contributed by atoms with Crippen molar-refractivity contribution in [3.63, 3.8) is 0 Å². The summed E-state index contributed by atoms with van der Waals surface area (Å²) in [5.74, 6) is -1.49. The second kappa shape index (κ2) is 8.22. The number of carbonyl (C=O) groups is 3. The van der Waals surface area contributed by atoms with Gasteiger partial charge in [-0.3, -0.25) is 14.5 Å². The van der Waals surface area contributed by atoms with Gasteiger partial charge in [-0.1, -0.05) is 0 Å². The second-order valence-corrected chi connectivity index (χ2v) is 6.30. The van der Waals surface area contributed by atoms with Crippen molar-refractivity contribution in [1.29, 1.82) is 0 Å². The number of carbonyl (C=O) groups excluding carboxylic acids is 3. The highest BCUT2D eigenvalue weighted by Gasteiger charge is 2.26. The molecule has 0 aliphatic carbocycles. The van der Waals surface area contributed by atoms with Crippen LogP contribution in [-0.4, -0.2) is 62.1 Å². The molecule has 0 unspecified atom stereocenters. The minimum Gasteiger partial charge on any atom is -0.462 e. The summed E-state index contributed by atoms with van der Waals surface area (Å²) in [5.41, 5.74) is 5.95. The van der Waals surface area contributed by atoms with Gasteiger partial charge in [0.1, 0.15) is 5.00 Å². The zero-order valence-corrected chi connectivity index (χ0v) is 14.5. The van der Waals surface area contributed by atoms with Crippen LogP contribution >= 0.6 is 11.3 Å². The molecule has 2 rings (SSSR count). The Balaban J connectivity index is 2.18. The first-order valence-corrected chi connectivity index (χ1v) is 8.46. The number of thiophene rings is 1. The molecule has 2 heterocycles. The van der Waals surface area contributed by atoms with E-state index >= 15 is 0 Å². The number of esters is 1. The molecule has 0 aromatic carbocycles. The molecule has 1 fully saturated rings. The number of nitrogens with zero attached hydrogens (tertiary/aromatic N) is 1. The Bertz CT molecular complexity index is 637. The molecule has 24 heavy (non-hydrogen) atoms. The van der Waals surface area contributed by atoms with Gasteiger partial charge in [0.2, 0.25) is 5.91 Å². The molecule has 0 radical (unpaired) electrons. The van der Waals surface area contributed by atoms with E-state index in [4.69, 9.17) is 15.2 Å². The predicted molar refractivity (Wildman–Crippen MR) is 89.4 cm³/mol. The Morgan fingerprint density at radius 3 is 2.58 bits per heavy atom. The summed E-state index contributed by atoms with van der Waals surface area (Å²) in [6.07, 6.45) is 0. The van der Waals surface area contributed by atoms with Gasteiger partial charge in [0, 0.05) is 13.1 Å². The van der Waals surface area contributed by atoms with Crippen molar-refractivity contribution in [3.8, 4) is 0 Å². The normalized spacial score (nSPS) is 15.1. The minimum atomic E-state index is -0.642. The molecule has 1 aromatic heterocycles. The number of nitrogens with two attached hydrogens (primary N) is 1. The lowest BCUT2D eigenvalue weighted by Crippen LogP contribution is -2.41. The number of amides is 2. The van der Waals surface area contributed by atoms with E-state index in [9.17, 15) is 14.4 Å². The molecule has 1 aromatic rings. The maximum atomic E-state index is 12.2. The van der Waals surface area contributed by atoms with E-state index in [0.717, 1.165) is 11.3 Å². The lowest BCUT2D eigenvalue weighted by molar-refractivity contribution is -0.118. The molecule has 0 bridgehead atoms. The number of nitrogens with one attached hydrogen (secondary N) is 1. The standard InChI is InChI=1S/C15H21N3O5S/c1-3-23-15(21)11-9(2)12(13(16)20)24-14(11)17-10(19)8-18-4-6-22-7-5-18/h3-8H2,1-2H3,(H2,16,20)(H,17,19). The lowest BCUT2D eigenvalue weighted by atomic mass is 10.1. The quantitative estimate of drug-likeness (QED) is 0.723. The summed E-state index contributed by atoms with van der Waals surface area (Å²) in [7, 11) is 0. The molecular formula is C15H21N3O5S. The second-order valence-electron chi connectivity index (χ2n) is 5.28. The molecule has 8 nitrogen and oxygen atoms in total. The fourth-order valence-corrected chi connectivity index (χ4v) is 3.48. The first kappa shape index (κ1) is 18.4. The average molecular weight is 355 g/mol. The van der Waals surface area contributed by atoms with E-state index < -0.39 is 11.9 Å². The molecule has 1 aliphatic rings. The highest BCUT2D eigenvalue weighted by molar-refractivity contribution is 7.18. The van der Waals surface area contributed by atoms with Crippen molar-refractivity contribution in [2.75, 3.05) is 44.8 Å². The van der Waals surface area contributed by atoms with Crippen molar-refractivity contribution in [2.45, 2.75) is 13.8 Å². The summed E-state index contributed by atoms with van der Waals surface area (Å²) in [4.78, 5) is 38.1. The summed E-state index contributed by atoms with van der Waals surface area (Å²) >= 11 is 0.988. The van der Waals surface area contributed by atoms with Crippen LogP contribution in [0.5, 0.6) is 0 Å². The number of rotatable bonds is 6. The number of hydrogen-bond donors (Lipinski definition) is 2. The molecule has 1 aliphatic heterocycles. The number of ether oxygens (including phenoxy) is 2. The van der Waals surface area contributed by atoms with Crippen LogP contribution in [0, 0.1) is 6.92 Å². The van der Waals surface area contributed by atoms with Gasteiger partial charge in [-0.05, 0) is 19.4 Å². The van der Waals surface area contributed by atoms with Gasteiger partial charge in [-0.25, -0.2) is 4.79 Å². The Morgan fingerprint density at radius 2 is 2.00 bits per heavy atom. The molecule has 132 valence electrons. The van der Waals surface area contributed by atoms with Crippen LogP contribution in [-0.2, 0) is 14.3 Å². The molecule has 2 amide bonds. The molecule has 1 saturated heterocycles.